The highest BCUT2D eigenvalue weighted by Crippen LogP contribution is 2.36. The summed E-state index contributed by atoms with van der Waals surface area (Å²) >= 11 is 1.64. The summed E-state index contributed by atoms with van der Waals surface area (Å²) in [5, 5.41) is 0. The van der Waals surface area contributed by atoms with Gasteiger partial charge in [-0.15, -0.1) is 11.8 Å². The summed E-state index contributed by atoms with van der Waals surface area (Å²) in [4.78, 5) is 0.944. The maximum atomic E-state index is 11.8. The lowest BCUT2D eigenvalue weighted by Crippen LogP contribution is -2.42. The normalized spacial score (nSPS) is 15.9. The van der Waals surface area contributed by atoms with E-state index in [4.69, 9.17) is 5.73 Å². The number of nitrogens with one attached hydrogen (secondary N) is 1. The van der Waals surface area contributed by atoms with Crippen LogP contribution in [0.2, 0.25) is 0 Å². The zero-order valence-corrected chi connectivity index (χ0v) is 10.4. The topological polar surface area (TPSA) is 75.4 Å². The van der Waals surface area contributed by atoms with Gasteiger partial charge < -0.3 is 5.73 Å². The van der Waals surface area contributed by atoms with Crippen LogP contribution in [-0.4, -0.2) is 27.8 Å². The summed E-state index contributed by atoms with van der Waals surface area (Å²) in [6.45, 7) is 0.463. The molecule has 0 bridgehead atoms. The fourth-order valence-corrected chi connectivity index (χ4v) is 3.68. The maximum Gasteiger partial charge on any atom is 0.301 e. The Morgan fingerprint density at radius 2 is 2.25 bits per heavy atom. The number of nitrogen functional groups attached to an aromatic ring is 1. The summed E-state index contributed by atoms with van der Waals surface area (Å²) < 4.78 is 27.3. The van der Waals surface area contributed by atoms with Crippen LogP contribution in [0.5, 0.6) is 0 Å². The SMILES string of the molecule is CNS(=O)(=O)N1CCSc2ccc(N)cc21. The van der Waals surface area contributed by atoms with Crippen molar-refractivity contribution in [1.82, 2.24) is 4.72 Å². The highest BCUT2D eigenvalue weighted by molar-refractivity contribution is 7.99. The zero-order chi connectivity index (χ0) is 11.8. The Balaban J connectivity index is 2.51. The molecule has 0 aromatic heterocycles. The van der Waals surface area contributed by atoms with Gasteiger partial charge in [0.25, 0.3) is 0 Å². The standard InChI is InChI=1S/C9H13N3O2S2/c1-11-16(13,14)12-4-5-15-9-3-2-7(10)6-8(9)12/h2-3,6,11H,4-5,10H2,1H3. The van der Waals surface area contributed by atoms with E-state index < -0.39 is 10.2 Å². The highest BCUT2D eigenvalue weighted by Gasteiger charge is 2.26. The average molecular weight is 259 g/mol. The summed E-state index contributed by atoms with van der Waals surface area (Å²) in [5.41, 5.74) is 6.90. The van der Waals surface area contributed by atoms with E-state index in [0.29, 0.717) is 17.9 Å². The number of thioether (sulfide) groups is 1. The largest absolute Gasteiger partial charge is 0.399 e. The number of fused-ring (bicyclic) bond motifs is 1. The molecule has 16 heavy (non-hydrogen) atoms. The molecule has 0 saturated carbocycles. The van der Waals surface area contributed by atoms with Gasteiger partial charge in [-0.3, -0.25) is 4.31 Å². The van der Waals surface area contributed by atoms with Gasteiger partial charge in [0.1, 0.15) is 0 Å². The molecule has 0 atom stereocenters. The van der Waals surface area contributed by atoms with Gasteiger partial charge in [0.2, 0.25) is 0 Å². The number of benzene rings is 1. The molecule has 0 fully saturated rings. The van der Waals surface area contributed by atoms with Crippen molar-refractivity contribution in [3.63, 3.8) is 0 Å². The van der Waals surface area contributed by atoms with Crippen molar-refractivity contribution < 1.29 is 8.42 Å². The Labute approximate surface area is 99.2 Å². The lowest BCUT2D eigenvalue weighted by Gasteiger charge is -2.29. The Morgan fingerprint density at radius 1 is 1.50 bits per heavy atom. The van der Waals surface area contributed by atoms with Crippen LogP contribution in [0.25, 0.3) is 0 Å². The van der Waals surface area contributed by atoms with Crippen molar-refractivity contribution >= 4 is 33.3 Å². The second kappa shape index (κ2) is 4.15. The predicted octanol–water partition coefficient (Wildman–Crippen LogP) is 0.645. The number of nitrogens with zero attached hydrogens (tertiary/aromatic N) is 1. The van der Waals surface area contributed by atoms with Gasteiger partial charge in [0, 0.05) is 29.9 Å². The molecule has 3 N–H and O–H groups in total. The Kier molecular flexibility index (Phi) is 3.00. The first-order valence-electron chi connectivity index (χ1n) is 4.78. The van der Waals surface area contributed by atoms with Crippen molar-refractivity contribution in [3.05, 3.63) is 18.2 Å². The first kappa shape index (κ1) is 11.6. The molecule has 7 heteroatoms. The van der Waals surface area contributed by atoms with E-state index in [-0.39, 0.29) is 0 Å². The van der Waals surface area contributed by atoms with Crippen LogP contribution in [0.1, 0.15) is 0 Å². The molecule has 2 rings (SSSR count). The van der Waals surface area contributed by atoms with Crippen LogP contribution >= 0.6 is 11.8 Å². The van der Waals surface area contributed by atoms with Gasteiger partial charge in [-0.25, -0.2) is 4.72 Å². The highest BCUT2D eigenvalue weighted by atomic mass is 32.2. The summed E-state index contributed by atoms with van der Waals surface area (Å²) in [6.07, 6.45) is 0. The van der Waals surface area contributed by atoms with Crippen molar-refractivity contribution in [2.24, 2.45) is 0 Å². The van der Waals surface area contributed by atoms with E-state index in [1.807, 2.05) is 6.07 Å². The fraction of sp³-hybridized carbons (Fsp3) is 0.333. The third kappa shape index (κ3) is 1.98. The number of hydrogen-bond donors (Lipinski definition) is 2. The smallest absolute Gasteiger partial charge is 0.301 e. The van der Waals surface area contributed by atoms with E-state index in [2.05, 4.69) is 4.72 Å². The number of anilines is 2. The van der Waals surface area contributed by atoms with E-state index >= 15 is 0 Å². The number of hydrogen-bond acceptors (Lipinski definition) is 4. The molecule has 5 nitrogen and oxygen atoms in total. The fourth-order valence-electron chi connectivity index (χ4n) is 1.57. The molecule has 1 aromatic rings. The molecular formula is C9H13N3O2S2. The van der Waals surface area contributed by atoms with Gasteiger partial charge >= 0.3 is 10.2 Å². The molecule has 88 valence electrons. The third-order valence-corrected chi connectivity index (χ3v) is 4.87. The third-order valence-electron chi connectivity index (χ3n) is 2.35. The van der Waals surface area contributed by atoms with Gasteiger partial charge in [0.05, 0.1) is 5.69 Å². The second-order valence-electron chi connectivity index (χ2n) is 3.36. The monoisotopic (exact) mass is 259 g/mol. The number of nitrogens with two attached hydrogens (primary N) is 1. The molecule has 0 amide bonds. The van der Waals surface area contributed by atoms with Crippen molar-refractivity contribution in [3.8, 4) is 0 Å². The van der Waals surface area contributed by atoms with E-state index in [1.165, 1.54) is 11.4 Å². The maximum absolute atomic E-state index is 11.8. The van der Waals surface area contributed by atoms with Gasteiger partial charge in [-0.05, 0) is 18.2 Å². The molecule has 1 aliphatic heterocycles. The molecule has 1 heterocycles. The van der Waals surface area contributed by atoms with Crippen LogP contribution in [0.3, 0.4) is 0 Å². The van der Waals surface area contributed by atoms with E-state index in [0.717, 1.165) is 10.6 Å². The molecule has 0 unspecified atom stereocenters. The summed E-state index contributed by atoms with van der Waals surface area (Å²) in [5.74, 6) is 0.748. The summed E-state index contributed by atoms with van der Waals surface area (Å²) in [6, 6.07) is 5.32. The van der Waals surface area contributed by atoms with Crippen molar-refractivity contribution in [2.45, 2.75) is 4.90 Å². The molecular weight excluding hydrogens is 246 g/mol. The van der Waals surface area contributed by atoms with Crippen LogP contribution < -0.4 is 14.8 Å². The second-order valence-corrected chi connectivity index (χ2v) is 6.29. The lowest BCUT2D eigenvalue weighted by atomic mass is 10.3. The first-order chi connectivity index (χ1) is 7.54. The van der Waals surface area contributed by atoms with Crippen molar-refractivity contribution in [1.29, 1.82) is 0 Å². The molecule has 0 radical (unpaired) electrons. The van der Waals surface area contributed by atoms with E-state index in [9.17, 15) is 8.42 Å². The zero-order valence-electron chi connectivity index (χ0n) is 8.80. The first-order valence-corrected chi connectivity index (χ1v) is 7.21. The van der Waals surface area contributed by atoms with Gasteiger partial charge in [-0.1, -0.05) is 0 Å². The molecule has 0 aliphatic carbocycles. The summed E-state index contributed by atoms with van der Waals surface area (Å²) in [7, 11) is -2.03. The van der Waals surface area contributed by atoms with Crippen LogP contribution in [0.4, 0.5) is 11.4 Å². The molecule has 0 saturated heterocycles. The number of rotatable bonds is 2. The molecule has 1 aliphatic rings. The van der Waals surface area contributed by atoms with Crippen LogP contribution in [-0.2, 0) is 10.2 Å². The van der Waals surface area contributed by atoms with Crippen molar-refractivity contribution in [2.75, 3.05) is 29.4 Å². The molecule has 1 aromatic carbocycles. The quantitative estimate of drug-likeness (QED) is 0.764. The van der Waals surface area contributed by atoms with Gasteiger partial charge in [0.15, 0.2) is 0 Å². The lowest BCUT2D eigenvalue weighted by molar-refractivity contribution is 0.583. The molecule has 0 spiro atoms. The Bertz CT molecular complexity index is 501. The minimum atomic E-state index is -3.44. The minimum Gasteiger partial charge on any atom is -0.399 e. The minimum absolute atomic E-state index is 0.463. The Hall–Kier alpha value is -0.920. The van der Waals surface area contributed by atoms with Gasteiger partial charge in [-0.2, -0.15) is 8.42 Å². The Morgan fingerprint density at radius 3 is 2.94 bits per heavy atom. The van der Waals surface area contributed by atoms with E-state index in [1.54, 1.807) is 23.9 Å². The van der Waals surface area contributed by atoms with Crippen LogP contribution in [0.15, 0.2) is 23.1 Å². The predicted molar refractivity (Wildman–Crippen MR) is 66.9 cm³/mol. The van der Waals surface area contributed by atoms with Crippen LogP contribution in [0, 0.1) is 0 Å². The average Bonchev–Trinajstić information content (AvgIpc) is 2.28.